The lowest BCUT2D eigenvalue weighted by Crippen LogP contribution is -2.42. The molecule has 0 spiro atoms. The van der Waals surface area contributed by atoms with Gasteiger partial charge in [0.2, 0.25) is 6.41 Å². The van der Waals surface area contributed by atoms with Gasteiger partial charge in [0.25, 0.3) is 0 Å². The van der Waals surface area contributed by atoms with Crippen LogP contribution in [0.2, 0.25) is 0 Å². The molecule has 0 saturated heterocycles. The smallest absolute Gasteiger partial charge is 0.218 e. The SMILES string of the molecule is CCCCC(C)CN(CC(C)C)C(OC)OC. The Bertz CT molecular complexity index is 170. The van der Waals surface area contributed by atoms with E-state index in [9.17, 15) is 0 Å². The monoisotopic (exact) mass is 245 g/mol. The standard InChI is InChI=1S/C14H31NO2/c1-7-8-9-13(4)11-15(10-12(2)3)14(16-5)17-6/h12-14H,7-11H2,1-6H3. The first-order valence-electron chi connectivity index (χ1n) is 6.84. The first kappa shape index (κ1) is 16.9. The zero-order chi connectivity index (χ0) is 13.3. The second kappa shape index (κ2) is 9.86. The molecule has 104 valence electrons. The summed E-state index contributed by atoms with van der Waals surface area (Å²) in [7, 11) is 3.41. The van der Waals surface area contributed by atoms with Crippen LogP contribution in [0.1, 0.15) is 47.0 Å². The Kier molecular flexibility index (Phi) is 9.79. The molecular weight excluding hydrogens is 214 g/mol. The fourth-order valence-electron chi connectivity index (χ4n) is 2.15. The highest BCUT2D eigenvalue weighted by Gasteiger charge is 2.20. The summed E-state index contributed by atoms with van der Waals surface area (Å²) in [5.74, 6) is 1.32. The van der Waals surface area contributed by atoms with E-state index in [2.05, 4.69) is 32.6 Å². The van der Waals surface area contributed by atoms with Gasteiger partial charge in [-0.05, 0) is 18.3 Å². The average molecular weight is 245 g/mol. The second-order valence-corrected chi connectivity index (χ2v) is 5.37. The highest BCUT2D eigenvalue weighted by molar-refractivity contribution is 4.64. The maximum absolute atomic E-state index is 5.37. The Hall–Kier alpha value is -0.120. The van der Waals surface area contributed by atoms with Crippen molar-refractivity contribution in [2.45, 2.75) is 53.4 Å². The van der Waals surface area contributed by atoms with Gasteiger partial charge in [-0.25, -0.2) is 0 Å². The van der Waals surface area contributed by atoms with Crippen LogP contribution in [0.15, 0.2) is 0 Å². The molecule has 0 N–H and O–H groups in total. The summed E-state index contributed by atoms with van der Waals surface area (Å²) in [4.78, 5) is 2.30. The van der Waals surface area contributed by atoms with Crippen molar-refractivity contribution in [3.63, 3.8) is 0 Å². The van der Waals surface area contributed by atoms with E-state index in [-0.39, 0.29) is 6.41 Å². The van der Waals surface area contributed by atoms with Crippen LogP contribution in [0.4, 0.5) is 0 Å². The molecule has 3 heteroatoms. The van der Waals surface area contributed by atoms with Gasteiger partial charge in [-0.1, -0.05) is 40.5 Å². The van der Waals surface area contributed by atoms with E-state index >= 15 is 0 Å². The predicted octanol–water partition coefficient (Wildman–Crippen LogP) is 3.35. The predicted molar refractivity (Wildman–Crippen MR) is 72.9 cm³/mol. The Labute approximate surface area is 107 Å². The Morgan fingerprint density at radius 1 is 1.00 bits per heavy atom. The summed E-state index contributed by atoms with van der Waals surface area (Å²) >= 11 is 0. The molecule has 0 heterocycles. The van der Waals surface area contributed by atoms with Gasteiger partial charge < -0.3 is 9.47 Å². The zero-order valence-corrected chi connectivity index (χ0v) is 12.5. The van der Waals surface area contributed by atoms with Gasteiger partial charge in [0.05, 0.1) is 0 Å². The molecule has 0 fully saturated rings. The molecule has 0 aromatic rings. The molecule has 0 saturated carbocycles. The molecule has 0 radical (unpaired) electrons. The van der Waals surface area contributed by atoms with Crippen LogP contribution in [0.5, 0.6) is 0 Å². The van der Waals surface area contributed by atoms with Crippen LogP contribution in [-0.4, -0.2) is 38.6 Å². The van der Waals surface area contributed by atoms with E-state index in [1.807, 2.05) is 0 Å². The third-order valence-corrected chi connectivity index (χ3v) is 2.90. The van der Waals surface area contributed by atoms with Gasteiger partial charge in [-0.2, -0.15) is 0 Å². The third kappa shape index (κ3) is 7.74. The summed E-state index contributed by atoms with van der Waals surface area (Å²) in [6.07, 6.45) is 3.65. The minimum atomic E-state index is -0.207. The second-order valence-electron chi connectivity index (χ2n) is 5.37. The highest BCUT2D eigenvalue weighted by atomic mass is 16.7. The molecule has 0 aliphatic heterocycles. The molecule has 1 unspecified atom stereocenters. The van der Waals surface area contributed by atoms with Crippen molar-refractivity contribution in [1.29, 1.82) is 0 Å². The van der Waals surface area contributed by atoms with Crippen molar-refractivity contribution in [2.24, 2.45) is 11.8 Å². The van der Waals surface area contributed by atoms with Crippen molar-refractivity contribution in [3.8, 4) is 0 Å². The summed E-state index contributed by atoms with van der Waals surface area (Å²) in [5.41, 5.74) is 0. The molecule has 0 bridgehead atoms. The number of hydrogen-bond donors (Lipinski definition) is 0. The number of hydrogen-bond acceptors (Lipinski definition) is 3. The Balaban J connectivity index is 4.25. The van der Waals surface area contributed by atoms with E-state index in [1.165, 1.54) is 19.3 Å². The maximum atomic E-state index is 5.37. The molecule has 0 aliphatic rings. The molecule has 0 amide bonds. The highest BCUT2D eigenvalue weighted by Crippen LogP contribution is 2.14. The van der Waals surface area contributed by atoms with Crippen LogP contribution in [0, 0.1) is 11.8 Å². The lowest BCUT2D eigenvalue weighted by molar-refractivity contribution is -0.201. The Morgan fingerprint density at radius 3 is 2.00 bits per heavy atom. The molecular formula is C14H31NO2. The van der Waals surface area contributed by atoms with E-state index in [0.29, 0.717) is 11.8 Å². The van der Waals surface area contributed by atoms with Gasteiger partial charge in [0.15, 0.2) is 0 Å². The zero-order valence-electron chi connectivity index (χ0n) is 12.5. The Morgan fingerprint density at radius 2 is 1.59 bits per heavy atom. The number of unbranched alkanes of at least 4 members (excludes halogenated alkanes) is 1. The third-order valence-electron chi connectivity index (χ3n) is 2.90. The van der Waals surface area contributed by atoms with E-state index in [0.717, 1.165) is 13.1 Å². The normalized spacial score (nSPS) is 13.9. The lowest BCUT2D eigenvalue weighted by atomic mass is 10.0. The van der Waals surface area contributed by atoms with Crippen molar-refractivity contribution in [2.75, 3.05) is 27.3 Å². The number of methoxy groups -OCH3 is 2. The fourth-order valence-corrected chi connectivity index (χ4v) is 2.15. The van der Waals surface area contributed by atoms with Crippen LogP contribution in [-0.2, 0) is 9.47 Å². The number of nitrogens with zero attached hydrogens (tertiary/aromatic N) is 1. The molecule has 0 rings (SSSR count). The molecule has 1 atom stereocenters. The lowest BCUT2D eigenvalue weighted by Gasteiger charge is -2.32. The van der Waals surface area contributed by atoms with Gasteiger partial charge in [0, 0.05) is 27.3 Å². The summed E-state index contributed by atoms with van der Waals surface area (Å²) in [5, 5.41) is 0. The summed E-state index contributed by atoms with van der Waals surface area (Å²) in [6.45, 7) is 11.1. The number of rotatable bonds is 10. The van der Waals surface area contributed by atoms with E-state index in [4.69, 9.17) is 9.47 Å². The van der Waals surface area contributed by atoms with Crippen LogP contribution >= 0.6 is 0 Å². The van der Waals surface area contributed by atoms with Crippen LogP contribution in [0.25, 0.3) is 0 Å². The molecule has 0 aromatic carbocycles. The minimum Gasteiger partial charge on any atom is -0.343 e. The van der Waals surface area contributed by atoms with Crippen LogP contribution in [0.3, 0.4) is 0 Å². The fraction of sp³-hybridized carbons (Fsp3) is 1.00. The van der Waals surface area contributed by atoms with Crippen LogP contribution < -0.4 is 0 Å². The van der Waals surface area contributed by atoms with Crippen molar-refractivity contribution in [3.05, 3.63) is 0 Å². The summed E-state index contributed by atoms with van der Waals surface area (Å²) < 4.78 is 10.7. The van der Waals surface area contributed by atoms with Crippen molar-refractivity contribution in [1.82, 2.24) is 4.90 Å². The van der Waals surface area contributed by atoms with E-state index in [1.54, 1.807) is 14.2 Å². The van der Waals surface area contributed by atoms with Gasteiger partial charge in [-0.15, -0.1) is 0 Å². The van der Waals surface area contributed by atoms with Crippen molar-refractivity contribution >= 4 is 0 Å². The molecule has 3 nitrogen and oxygen atoms in total. The molecule has 17 heavy (non-hydrogen) atoms. The van der Waals surface area contributed by atoms with E-state index < -0.39 is 0 Å². The molecule has 0 aliphatic carbocycles. The van der Waals surface area contributed by atoms with Crippen molar-refractivity contribution < 1.29 is 9.47 Å². The first-order valence-corrected chi connectivity index (χ1v) is 6.84. The van der Waals surface area contributed by atoms with Gasteiger partial charge in [-0.3, -0.25) is 4.90 Å². The van der Waals surface area contributed by atoms with Gasteiger partial charge >= 0.3 is 0 Å². The van der Waals surface area contributed by atoms with Gasteiger partial charge in [0.1, 0.15) is 0 Å². The average Bonchev–Trinajstić information content (AvgIpc) is 2.27. The number of ether oxygens (including phenoxy) is 2. The topological polar surface area (TPSA) is 21.7 Å². The quantitative estimate of drug-likeness (QED) is 0.551. The maximum Gasteiger partial charge on any atom is 0.218 e. The summed E-state index contributed by atoms with van der Waals surface area (Å²) in [6, 6.07) is 0. The first-order chi connectivity index (χ1) is 8.04. The molecule has 0 aromatic heterocycles. The minimum absolute atomic E-state index is 0.207. The largest absolute Gasteiger partial charge is 0.343 e.